The van der Waals surface area contributed by atoms with E-state index in [4.69, 9.17) is 15.2 Å². The SMILES string of the molecule is COc1cccc([C@H]2CN(CC(N)=O)C[C@@H]2NC(=O)COC(C)C)c1. The Morgan fingerprint density at radius 2 is 2.12 bits per heavy atom. The topological polar surface area (TPSA) is 93.9 Å². The molecule has 0 saturated carbocycles. The second kappa shape index (κ2) is 8.82. The number of carbonyl (C=O) groups is 2. The summed E-state index contributed by atoms with van der Waals surface area (Å²) in [5.74, 6) is 0.281. The number of methoxy groups -OCH3 is 1. The molecule has 1 heterocycles. The Bertz CT molecular complexity index is 606. The highest BCUT2D eigenvalue weighted by Crippen LogP contribution is 2.29. The van der Waals surface area contributed by atoms with Crippen LogP contribution in [0.3, 0.4) is 0 Å². The standard InChI is InChI=1S/C18H27N3O4/c1-12(2)25-11-18(23)20-16-9-21(10-17(19)22)8-15(16)13-5-4-6-14(7-13)24-3/h4-7,12,15-16H,8-11H2,1-3H3,(H2,19,22)(H,20,23)/t15-,16+/m1/s1. The lowest BCUT2D eigenvalue weighted by Crippen LogP contribution is -2.42. The fourth-order valence-corrected chi connectivity index (χ4v) is 3.08. The van der Waals surface area contributed by atoms with Gasteiger partial charge < -0.3 is 20.5 Å². The number of nitrogens with two attached hydrogens (primary N) is 1. The van der Waals surface area contributed by atoms with Crippen LogP contribution in [0.2, 0.25) is 0 Å². The molecule has 1 aromatic rings. The molecule has 1 aliphatic heterocycles. The van der Waals surface area contributed by atoms with Gasteiger partial charge in [-0.2, -0.15) is 0 Å². The van der Waals surface area contributed by atoms with Crippen molar-refractivity contribution in [2.45, 2.75) is 31.9 Å². The molecule has 0 bridgehead atoms. The van der Waals surface area contributed by atoms with E-state index in [0.29, 0.717) is 13.1 Å². The van der Waals surface area contributed by atoms with Gasteiger partial charge in [0.15, 0.2) is 0 Å². The third kappa shape index (κ3) is 5.72. The van der Waals surface area contributed by atoms with Crippen LogP contribution in [-0.4, -0.2) is 62.2 Å². The van der Waals surface area contributed by atoms with E-state index in [1.807, 2.05) is 43.0 Å². The molecule has 2 atom stereocenters. The van der Waals surface area contributed by atoms with E-state index >= 15 is 0 Å². The summed E-state index contributed by atoms with van der Waals surface area (Å²) in [4.78, 5) is 25.4. The number of hydrogen-bond acceptors (Lipinski definition) is 5. The Balaban J connectivity index is 2.11. The number of amides is 2. The number of nitrogens with one attached hydrogen (secondary N) is 1. The van der Waals surface area contributed by atoms with Crippen LogP contribution in [0.25, 0.3) is 0 Å². The Morgan fingerprint density at radius 1 is 1.36 bits per heavy atom. The van der Waals surface area contributed by atoms with Gasteiger partial charge in [-0.25, -0.2) is 0 Å². The molecule has 25 heavy (non-hydrogen) atoms. The Labute approximate surface area is 148 Å². The maximum Gasteiger partial charge on any atom is 0.246 e. The highest BCUT2D eigenvalue weighted by atomic mass is 16.5. The number of nitrogens with zero attached hydrogens (tertiary/aromatic N) is 1. The quantitative estimate of drug-likeness (QED) is 0.712. The van der Waals surface area contributed by atoms with Crippen molar-refractivity contribution in [3.8, 4) is 5.75 Å². The molecule has 0 aromatic heterocycles. The molecule has 2 amide bonds. The maximum atomic E-state index is 12.2. The van der Waals surface area contributed by atoms with E-state index in [0.717, 1.165) is 11.3 Å². The average Bonchev–Trinajstić information content (AvgIpc) is 2.94. The molecule has 0 radical (unpaired) electrons. The highest BCUT2D eigenvalue weighted by molar-refractivity contribution is 5.78. The van der Waals surface area contributed by atoms with Crippen molar-refractivity contribution in [1.82, 2.24) is 10.2 Å². The van der Waals surface area contributed by atoms with Gasteiger partial charge in [0.05, 0.1) is 19.8 Å². The van der Waals surface area contributed by atoms with Crippen LogP contribution in [0.15, 0.2) is 24.3 Å². The molecule has 2 rings (SSSR count). The average molecular weight is 349 g/mol. The molecular weight excluding hydrogens is 322 g/mol. The third-order valence-corrected chi connectivity index (χ3v) is 4.19. The summed E-state index contributed by atoms with van der Waals surface area (Å²) in [6.07, 6.45) is -0.00475. The summed E-state index contributed by atoms with van der Waals surface area (Å²) in [6, 6.07) is 7.65. The number of carbonyl (C=O) groups excluding carboxylic acids is 2. The molecular formula is C18H27N3O4. The zero-order valence-electron chi connectivity index (χ0n) is 15.0. The Kier molecular flexibility index (Phi) is 6.78. The van der Waals surface area contributed by atoms with Gasteiger partial charge in [0, 0.05) is 25.0 Å². The van der Waals surface area contributed by atoms with E-state index in [1.165, 1.54) is 0 Å². The molecule has 138 valence electrons. The van der Waals surface area contributed by atoms with E-state index in [-0.39, 0.29) is 43.0 Å². The molecule has 0 aliphatic carbocycles. The monoisotopic (exact) mass is 349 g/mol. The van der Waals surface area contributed by atoms with Crippen LogP contribution in [0.4, 0.5) is 0 Å². The number of rotatable bonds is 8. The fourth-order valence-electron chi connectivity index (χ4n) is 3.08. The Morgan fingerprint density at radius 3 is 2.76 bits per heavy atom. The molecule has 0 spiro atoms. The van der Waals surface area contributed by atoms with Crippen LogP contribution in [0.5, 0.6) is 5.75 Å². The lowest BCUT2D eigenvalue weighted by atomic mass is 9.94. The normalized spacial score (nSPS) is 20.6. The molecule has 3 N–H and O–H groups in total. The van der Waals surface area contributed by atoms with E-state index in [9.17, 15) is 9.59 Å². The summed E-state index contributed by atoms with van der Waals surface area (Å²) in [7, 11) is 1.62. The van der Waals surface area contributed by atoms with Gasteiger partial charge in [0.25, 0.3) is 0 Å². The predicted molar refractivity (Wildman–Crippen MR) is 94.4 cm³/mol. The van der Waals surface area contributed by atoms with Crippen molar-refractivity contribution in [2.24, 2.45) is 5.73 Å². The third-order valence-electron chi connectivity index (χ3n) is 4.19. The van der Waals surface area contributed by atoms with Crippen molar-refractivity contribution in [3.63, 3.8) is 0 Å². The van der Waals surface area contributed by atoms with Gasteiger partial charge in [0.2, 0.25) is 11.8 Å². The summed E-state index contributed by atoms with van der Waals surface area (Å²) in [6.45, 7) is 5.18. The van der Waals surface area contributed by atoms with Gasteiger partial charge >= 0.3 is 0 Å². The number of hydrogen-bond donors (Lipinski definition) is 2. The first kappa shape index (κ1) is 19.2. The van der Waals surface area contributed by atoms with Crippen LogP contribution in [0, 0.1) is 0 Å². The maximum absolute atomic E-state index is 12.2. The van der Waals surface area contributed by atoms with E-state index in [2.05, 4.69) is 5.32 Å². The van der Waals surface area contributed by atoms with E-state index in [1.54, 1.807) is 7.11 Å². The summed E-state index contributed by atoms with van der Waals surface area (Å²) in [5, 5.41) is 3.02. The first-order valence-electron chi connectivity index (χ1n) is 8.44. The van der Waals surface area contributed by atoms with Crippen molar-refractivity contribution >= 4 is 11.8 Å². The molecule has 1 aliphatic rings. The number of likely N-dealkylation sites (tertiary alicyclic amines) is 1. The highest BCUT2D eigenvalue weighted by Gasteiger charge is 2.35. The number of primary amides is 1. The van der Waals surface area contributed by atoms with Gasteiger partial charge in [-0.15, -0.1) is 0 Å². The first-order valence-corrected chi connectivity index (χ1v) is 8.44. The van der Waals surface area contributed by atoms with E-state index < -0.39 is 0 Å². The molecule has 1 aromatic carbocycles. The molecule has 0 unspecified atom stereocenters. The summed E-state index contributed by atoms with van der Waals surface area (Å²) in [5.41, 5.74) is 6.38. The molecule has 1 fully saturated rings. The van der Waals surface area contributed by atoms with Crippen molar-refractivity contribution in [2.75, 3.05) is 33.4 Å². The zero-order valence-corrected chi connectivity index (χ0v) is 15.0. The van der Waals surface area contributed by atoms with Crippen LogP contribution in [-0.2, 0) is 14.3 Å². The van der Waals surface area contributed by atoms with Gasteiger partial charge in [-0.3, -0.25) is 14.5 Å². The molecule has 7 nitrogen and oxygen atoms in total. The largest absolute Gasteiger partial charge is 0.497 e. The predicted octanol–water partition coefficient (Wildman–Crippen LogP) is 0.490. The fraction of sp³-hybridized carbons (Fsp3) is 0.556. The van der Waals surface area contributed by atoms with Crippen molar-refractivity contribution < 1.29 is 19.1 Å². The first-order chi connectivity index (χ1) is 11.9. The molecule has 7 heteroatoms. The minimum atomic E-state index is -0.375. The second-order valence-corrected chi connectivity index (χ2v) is 6.58. The summed E-state index contributed by atoms with van der Waals surface area (Å²) >= 11 is 0. The van der Waals surface area contributed by atoms with Gasteiger partial charge in [-0.1, -0.05) is 12.1 Å². The number of ether oxygens (including phenoxy) is 2. The van der Waals surface area contributed by atoms with Gasteiger partial charge in [0.1, 0.15) is 12.4 Å². The second-order valence-electron chi connectivity index (χ2n) is 6.58. The minimum Gasteiger partial charge on any atom is -0.497 e. The zero-order chi connectivity index (χ0) is 18.4. The van der Waals surface area contributed by atoms with Crippen molar-refractivity contribution in [1.29, 1.82) is 0 Å². The Hall–Kier alpha value is -2.12. The summed E-state index contributed by atoms with van der Waals surface area (Å²) < 4.78 is 10.7. The minimum absolute atomic E-state index is 0.00475. The lowest BCUT2D eigenvalue weighted by Gasteiger charge is -2.21. The van der Waals surface area contributed by atoms with Gasteiger partial charge in [-0.05, 0) is 31.5 Å². The lowest BCUT2D eigenvalue weighted by molar-refractivity contribution is -0.127. The smallest absolute Gasteiger partial charge is 0.246 e. The van der Waals surface area contributed by atoms with Crippen LogP contribution < -0.4 is 15.8 Å². The van der Waals surface area contributed by atoms with Crippen LogP contribution in [0.1, 0.15) is 25.3 Å². The van der Waals surface area contributed by atoms with Crippen molar-refractivity contribution in [3.05, 3.63) is 29.8 Å². The number of benzene rings is 1. The molecule has 1 saturated heterocycles. The van der Waals surface area contributed by atoms with Crippen LogP contribution >= 0.6 is 0 Å².